The third-order valence-corrected chi connectivity index (χ3v) is 10.7. The topological polar surface area (TPSA) is 107 Å². The van der Waals surface area contributed by atoms with Crippen LogP contribution in [0.1, 0.15) is 47.1 Å². The highest BCUT2D eigenvalue weighted by molar-refractivity contribution is 6.74. The molecule has 1 aliphatic heterocycles. The molecule has 1 unspecified atom stereocenters. The van der Waals surface area contributed by atoms with Gasteiger partial charge in [0.25, 0.3) is 0 Å². The van der Waals surface area contributed by atoms with Crippen molar-refractivity contribution < 1.29 is 42.5 Å². The third kappa shape index (κ3) is 8.41. The molecular weight excluding hydrogens is 472 g/mol. The van der Waals surface area contributed by atoms with Gasteiger partial charge >= 0.3 is 17.9 Å². The number of carbonyl (C=O) groups excluding carboxylic acids is 3. The van der Waals surface area contributed by atoms with E-state index in [1.165, 1.54) is 20.8 Å². The van der Waals surface area contributed by atoms with Crippen molar-refractivity contribution in [1.82, 2.24) is 0 Å². The summed E-state index contributed by atoms with van der Waals surface area (Å²) in [6.45, 7) is 14.4. The van der Waals surface area contributed by atoms with Gasteiger partial charge in [-0.3, -0.25) is 14.4 Å². The third-order valence-electron chi connectivity index (χ3n) is 6.18. The van der Waals surface area contributed by atoms with Crippen molar-refractivity contribution in [3.8, 4) is 0 Å². The van der Waals surface area contributed by atoms with Crippen LogP contribution in [0.3, 0.4) is 0 Å². The molecular formula is C25H38O9Si. The minimum atomic E-state index is -2.20. The molecule has 9 nitrogen and oxygen atoms in total. The lowest BCUT2D eigenvalue weighted by atomic mass is 9.98. The number of carbonyl (C=O) groups is 3. The van der Waals surface area contributed by atoms with Crippen LogP contribution in [0.4, 0.5) is 0 Å². The van der Waals surface area contributed by atoms with Gasteiger partial charge in [-0.2, -0.15) is 0 Å². The standard InChI is InChI=1S/C25H38O9Si/c1-16(26)31-21-20(15-30-35(7,8)25(4,5)6)34-24(33-18(3)28)23(32-17(2)27)22(21)29-14-19-12-10-9-11-13-19/h9-13,20-24H,14-15H2,1-8H3/t20-,21-,22+,23-,24?/m1/s1. The van der Waals surface area contributed by atoms with Gasteiger partial charge in [0.15, 0.2) is 20.5 Å². The van der Waals surface area contributed by atoms with Gasteiger partial charge in [-0.15, -0.1) is 0 Å². The minimum absolute atomic E-state index is 0.0721. The van der Waals surface area contributed by atoms with Gasteiger partial charge < -0.3 is 28.1 Å². The number of benzene rings is 1. The van der Waals surface area contributed by atoms with Crippen LogP contribution in [0, 0.1) is 0 Å². The molecule has 0 bridgehead atoms. The molecule has 196 valence electrons. The van der Waals surface area contributed by atoms with Crippen LogP contribution in [0.15, 0.2) is 30.3 Å². The van der Waals surface area contributed by atoms with E-state index in [2.05, 4.69) is 33.9 Å². The summed E-state index contributed by atoms with van der Waals surface area (Å²) < 4.78 is 35.0. The van der Waals surface area contributed by atoms with E-state index in [1.54, 1.807) is 0 Å². The van der Waals surface area contributed by atoms with Crippen LogP contribution in [-0.4, -0.2) is 63.5 Å². The Morgan fingerprint density at radius 3 is 1.91 bits per heavy atom. The van der Waals surface area contributed by atoms with E-state index in [0.29, 0.717) is 0 Å². The molecule has 1 fully saturated rings. The summed E-state index contributed by atoms with van der Waals surface area (Å²) in [6.07, 6.45) is -5.21. The monoisotopic (exact) mass is 510 g/mol. The second-order valence-electron chi connectivity index (χ2n) is 10.1. The van der Waals surface area contributed by atoms with Gasteiger partial charge in [0.1, 0.15) is 12.2 Å². The number of rotatable bonds is 9. The van der Waals surface area contributed by atoms with Crippen molar-refractivity contribution in [3.63, 3.8) is 0 Å². The largest absolute Gasteiger partial charge is 0.457 e. The van der Waals surface area contributed by atoms with Crippen molar-refractivity contribution in [2.75, 3.05) is 6.61 Å². The average molecular weight is 511 g/mol. The molecule has 0 radical (unpaired) electrons. The summed E-state index contributed by atoms with van der Waals surface area (Å²) in [5.74, 6) is -1.80. The SMILES string of the molecule is CC(=O)OC1O[C@H](CO[Si](C)(C)C(C)(C)C)[C@@H](OC(C)=O)[C@H](OCc2ccccc2)[C@H]1OC(C)=O. The minimum Gasteiger partial charge on any atom is -0.457 e. The first-order valence-corrected chi connectivity index (χ1v) is 14.6. The number of hydrogen-bond acceptors (Lipinski definition) is 9. The molecule has 0 aliphatic carbocycles. The second-order valence-corrected chi connectivity index (χ2v) is 14.9. The highest BCUT2D eigenvalue weighted by atomic mass is 28.4. The summed E-state index contributed by atoms with van der Waals surface area (Å²) in [4.78, 5) is 35.9. The molecule has 10 heteroatoms. The highest BCUT2D eigenvalue weighted by Crippen LogP contribution is 2.38. The summed E-state index contributed by atoms with van der Waals surface area (Å²) >= 11 is 0. The molecule has 1 aliphatic rings. The zero-order chi connectivity index (χ0) is 26.4. The molecule has 1 aromatic rings. The summed E-state index contributed by atoms with van der Waals surface area (Å²) in [5.41, 5.74) is 0.861. The van der Waals surface area contributed by atoms with E-state index in [4.69, 9.17) is 28.1 Å². The Hall–Kier alpha value is -2.27. The lowest BCUT2D eigenvalue weighted by Crippen LogP contribution is -2.63. The van der Waals surface area contributed by atoms with Crippen molar-refractivity contribution in [3.05, 3.63) is 35.9 Å². The van der Waals surface area contributed by atoms with Crippen molar-refractivity contribution in [1.29, 1.82) is 0 Å². The maximum absolute atomic E-state index is 12.1. The average Bonchev–Trinajstić information content (AvgIpc) is 2.73. The quantitative estimate of drug-likeness (QED) is 0.279. The summed E-state index contributed by atoms with van der Waals surface area (Å²) in [7, 11) is -2.20. The first kappa shape index (κ1) is 29.0. The Bertz CT molecular complexity index is 865. The number of hydrogen-bond donors (Lipinski definition) is 0. The summed E-state index contributed by atoms with van der Waals surface area (Å²) in [6, 6.07) is 9.37. The Morgan fingerprint density at radius 1 is 0.857 bits per heavy atom. The number of esters is 3. The predicted molar refractivity (Wildman–Crippen MR) is 130 cm³/mol. The highest BCUT2D eigenvalue weighted by Gasteiger charge is 2.52. The zero-order valence-corrected chi connectivity index (χ0v) is 22.9. The van der Waals surface area contributed by atoms with Gasteiger partial charge in [-0.1, -0.05) is 51.1 Å². The van der Waals surface area contributed by atoms with Crippen molar-refractivity contribution >= 4 is 26.2 Å². The maximum atomic E-state index is 12.1. The van der Waals surface area contributed by atoms with Gasteiger partial charge in [0, 0.05) is 20.8 Å². The second kappa shape index (κ2) is 12.1. The van der Waals surface area contributed by atoms with E-state index >= 15 is 0 Å². The Balaban J connectivity index is 2.42. The molecule has 0 N–H and O–H groups in total. The van der Waals surface area contributed by atoms with Crippen LogP contribution in [0.25, 0.3) is 0 Å². The van der Waals surface area contributed by atoms with Crippen molar-refractivity contribution in [2.45, 2.75) is 97.0 Å². The molecule has 2 rings (SSSR count). The first-order chi connectivity index (χ1) is 16.2. The van der Waals surface area contributed by atoms with Gasteiger partial charge in [0.05, 0.1) is 13.2 Å². The zero-order valence-electron chi connectivity index (χ0n) is 21.9. The fourth-order valence-electron chi connectivity index (χ4n) is 3.39. The molecule has 0 saturated carbocycles. The summed E-state index contributed by atoms with van der Waals surface area (Å²) in [5, 5.41) is -0.0721. The van der Waals surface area contributed by atoms with Crippen LogP contribution in [-0.2, 0) is 49.1 Å². The lowest BCUT2D eigenvalue weighted by molar-refractivity contribution is -0.304. The van der Waals surface area contributed by atoms with Gasteiger partial charge in [0.2, 0.25) is 6.29 Å². The van der Waals surface area contributed by atoms with E-state index in [0.717, 1.165) is 5.56 Å². The Kier molecular flexibility index (Phi) is 10.0. The van der Waals surface area contributed by atoms with Crippen LogP contribution < -0.4 is 0 Å². The Labute approximate surface area is 208 Å². The Morgan fingerprint density at radius 2 is 1.40 bits per heavy atom. The van der Waals surface area contributed by atoms with Gasteiger partial charge in [-0.05, 0) is 23.7 Å². The first-order valence-electron chi connectivity index (χ1n) is 11.7. The molecule has 1 aromatic carbocycles. The molecule has 5 atom stereocenters. The molecule has 0 amide bonds. The fraction of sp³-hybridized carbons (Fsp3) is 0.640. The molecule has 35 heavy (non-hydrogen) atoms. The smallest absolute Gasteiger partial charge is 0.305 e. The van der Waals surface area contributed by atoms with Gasteiger partial charge in [-0.25, -0.2) is 0 Å². The number of ether oxygens (including phenoxy) is 5. The maximum Gasteiger partial charge on any atom is 0.305 e. The van der Waals surface area contributed by atoms with E-state index < -0.39 is 56.9 Å². The molecule has 1 heterocycles. The predicted octanol–water partition coefficient (Wildman–Crippen LogP) is 3.75. The lowest BCUT2D eigenvalue weighted by Gasteiger charge is -2.45. The molecule has 1 saturated heterocycles. The van der Waals surface area contributed by atoms with E-state index in [-0.39, 0.29) is 18.3 Å². The fourth-order valence-corrected chi connectivity index (χ4v) is 4.40. The van der Waals surface area contributed by atoms with E-state index in [9.17, 15) is 14.4 Å². The van der Waals surface area contributed by atoms with Crippen LogP contribution >= 0.6 is 0 Å². The van der Waals surface area contributed by atoms with Crippen molar-refractivity contribution in [2.24, 2.45) is 0 Å². The van der Waals surface area contributed by atoms with Crippen LogP contribution in [0.2, 0.25) is 18.1 Å². The molecule has 0 aromatic heterocycles. The van der Waals surface area contributed by atoms with Crippen LogP contribution in [0.5, 0.6) is 0 Å². The molecule has 0 spiro atoms. The normalized spacial score (nSPS) is 25.0. The van der Waals surface area contributed by atoms with E-state index in [1.807, 2.05) is 30.3 Å².